The van der Waals surface area contributed by atoms with Crippen molar-refractivity contribution in [1.29, 1.82) is 0 Å². The van der Waals surface area contributed by atoms with E-state index in [1.807, 2.05) is 0 Å². The Bertz CT molecular complexity index is 244. The molecule has 0 saturated carbocycles. The zero-order valence-electron chi connectivity index (χ0n) is 17.7. The molecule has 1 rings (SSSR count). The minimum absolute atomic E-state index is 1.37. The summed E-state index contributed by atoms with van der Waals surface area (Å²) in [4.78, 5) is 2.69. The molecule has 0 N–H and O–H groups in total. The normalized spacial score (nSPS) is 15.7. The average molecular weight is 352 g/mol. The molecule has 1 fully saturated rings. The molecule has 0 aromatic rings. The van der Waals surface area contributed by atoms with Gasteiger partial charge in [-0.1, -0.05) is 116 Å². The van der Waals surface area contributed by atoms with E-state index in [1.165, 1.54) is 148 Å². The molecular weight excluding hydrogens is 302 g/mol. The Morgan fingerprint density at radius 3 is 1.20 bits per heavy atom. The van der Waals surface area contributed by atoms with Crippen molar-refractivity contribution in [3.63, 3.8) is 0 Å². The van der Waals surface area contributed by atoms with Crippen molar-refractivity contribution in [1.82, 2.24) is 4.90 Å². The highest BCUT2D eigenvalue weighted by Gasteiger charge is 2.08. The molecule has 0 aromatic carbocycles. The van der Waals surface area contributed by atoms with E-state index in [4.69, 9.17) is 0 Å². The number of nitrogens with zero attached hydrogens (tertiary/aromatic N) is 1. The summed E-state index contributed by atoms with van der Waals surface area (Å²) in [5, 5.41) is 0. The van der Waals surface area contributed by atoms with Gasteiger partial charge in [0, 0.05) is 0 Å². The van der Waals surface area contributed by atoms with E-state index >= 15 is 0 Å². The number of unbranched alkanes of at least 4 members (excludes halogenated alkanes) is 16. The highest BCUT2D eigenvalue weighted by Crippen LogP contribution is 2.14. The number of piperidine rings is 1. The van der Waals surface area contributed by atoms with Gasteiger partial charge in [-0.3, -0.25) is 0 Å². The molecule has 1 heteroatoms. The van der Waals surface area contributed by atoms with Crippen LogP contribution in [0.1, 0.15) is 135 Å². The third-order valence-corrected chi connectivity index (χ3v) is 6.03. The van der Waals surface area contributed by atoms with Gasteiger partial charge in [0.1, 0.15) is 0 Å². The van der Waals surface area contributed by atoms with Crippen molar-refractivity contribution < 1.29 is 0 Å². The van der Waals surface area contributed by atoms with E-state index in [9.17, 15) is 0 Å². The van der Waals surface area contributed by atoms with Gasteiger partial charge in [-0.2, -0.15) is 0 Å². The lowest BCUT2D eigenvalue weighted by Gasteiger charge is -2.26. The Hall–Kier alpha value is -0.0400. The number of hydrogen-bond acceptors (Lipinski definition) is 1. The van der Waals surface area contributed by atoms with Crippen molar-refractivity contribution in [2.75, 3.05) is 19.6 Å². The molecule has 0 amide bonds. The van der Waals surface area contributed by atoms with E-state index in [-0.39, 0.29) is 0 Å². The Kier molecular flexibility index (Phi) is 17.2. The third-order valence-electron chi connectivity index (χ3n) is 6.03. The zero-order valence-corrected chi connectivity index (χ0v) is 17.7. The molecule has 0 spiro atoms. The van der Waals surface area contributed by atoms with Crippen LogP contribution < -0.4 is 0 Å². The zero-order chi connectivity index (χ0) is 17.8. The van der Waals surface area contributed by atoms with Crippen LogP contribution in [0, 0.1) is 0 Å². The lowest BCUT2D eigenvalue weighted by atomic mass is 10.0. The molecule has 1 heterocycles. The van der Waals surface area contributed by atoms with Gasteiger partial charge in [0.25, 0.3) is 0 Å². The van der Waals surface area contributed by atoms with E-state index < -0.39 is 0 Å². The predicted molar refractivity (Wildman–Crippen MR) is 114 cm³/mol. The SMILES string of the molecule is CCCCCCCCCCCCCCCCCCCN1CCCCC1. The second-order valence-electron chi connectivity index (χ2n) is 8.56. The molecule has 0 radical (unpaired) electrons. The molecule has 1 nitrogen and oxygen atoms in total. The number of likely N-dealkylation sites (tertiary alicyclic amines) is 1. The maximum atomic E-state index is 2.69. The Labute approximate surface area is 160 Å². The van der Waals surface area contributed by atoms with Gasteiger partial charge < -0.3 is 4.90 Å². The van der Waals surface area contributed by atoms with Gasteiger partial charge in [0.05, 0.1) is 0 Å². The second kappa shape index (κ2) is 18.7. The fourth-order valence-corrected chi connectivity index (χ4v) is 4.24. The second-order valence-corrected chi connectivity index (χ2v) is 8.56. The first-order chi connectivity index (χ1) is 12.4. The molecule has 25 heavy (non-hydrogen) atoms. The molecule has 0 aliphatic carbocycles. The maximum Gasteiger partial charge on any atom is -0.00187 e. The summed E-state index contributed by atoms with van der Waals surface area (Å²) in [6.45, 7) is 6.42. The quantitative estimate of drug-likeness (QED) is 0.225. The number of hydrogen-bond donors (Lipinski definition) is 0. The smallest absolute Gasteiger partial charge is 0.00187 e. The summed E-state index contributed by atoms with van der Waals surface area (Å²) in [5.74, 6) is 0. The predicted octanol–water partition coefficient (Wildman–Crippen LogP) is 8.12. The first-order valence-electron chi connectivity index (χ1n) is 12.2. The summed E-state index contributed by atoms with van der Waals surface area (Å²) >= 11 is 0. The van der Waals surface area contributed by atoms with Crippen LogP contribution in [0.4, 0.5) is 0 Å². The highest BCUT2D eigenvalue weighted by molar-refractivity contribution is 4.64. The van der Waals surface area contributed by atoms with Crippen molar-refractivity contribution in [2.45, 2.75) is 135 Å². The maximum absolute atomic E-state index is 2.69. The van der Waals surface area contributed by atoms with Gasteiger partial charge in [-0.25, -0.2) is 0 Å². The summed E-state index contributed by atoms with van der Waals surface area (Å²) in [5.41, 5.74) is 0. The average Bonchev–Trinajstić information content (AvgIpc) is 2.65. The van der Waals surface area contributed by atoms with Crippen LogP contribution in [-0.4, -0.2) is 24.5 Å². The summed E-state index contributed by atoms with van der Waals surface area (Å²) in [6.07, 6.45) is 29.4. The fraction of sp³-hybridized carbons (Fsp3) is 1.00. The van der Waals surface area contributed by atoms with Crippen LogP contribution in [0.25, 0.3) is 0 Å². The van der Waals surface area contributed by atoms with E-state index in [1.54, 1.807) is 0 Å². The summed E-state index contributed by atoms with van der Waals surface area (Å²) in [7, 11) is 0. The van der Waals surface area contributed by atoms with Crippen molar-refractivity contribution in [3.8, 4) is 0 Å². The first-order valence-corrected chi connectivity index (χ1v) is 12.2. The summed E-state index contributed by atoms with van der Waals surface area (Å²) in [6, 6.07) is 0. The van der Waals surface area contributed by atoms with Gasteiger partial charge in [-0.15, -0.1) is 0 Å². The molecular formula is C24H49N. The van der Waals surface area contributed by atoms with Crippen LogP contribution in [0.2, 0.25) is 0 Å². The van der Waals surface area contributed by atoms with Crippen molar-refractivity contribution >= 4 is 0 Å². The van der Waals surface area contributed by atoms with Gasteiger partial charge in [-0.05, 0) is 38.9 Å². The standard InChI is InChI=1S/C24H49N/c1-2-3-4-5-6-7-8-9-10-11-12-13-14-15-16-17-19-22-25-23-20-18-21-24-25/h2-24H2,1H3. The largest absolute Gasteiger partial charge is 0.303 e. The molecule has 1 aliphatic rings. The van der Waals surface area contributed by atoms with Crippen molar-refractivity contribution in [3.05, 3.63) is 0 Å². The Morgan fingerprint density at radius 1 is 0.440 bits per heavy atom. The van der Waals surface area contributed by atoms with E-state index in [0.29, 0.717) is 0 Å². The topological polar surface area (TPSA) is 3.24 Å². The van der Waals surface area contributed by atoms with E-state index in [2.05, 4.69) is 11.8 Å². The minimum Gasteiger partial charge on any atom is -0.303 e. The van der Waals surface area contributed by atoms with Crippen LogP contribution in [0.3, 0.4) is 0 Å². The molecule has 1 saturated heterocycles. The first kappa shape index (κ1) is 23.0. The molecule has 0 bridgehead atoms. The van der Waals surface area contributed by atoms with Crippen LogP contribution in [0.5, 0.6) is 0 Å². The number of rotatable bonds is 18. The lowest BCUT2D eigenvalue weighted by Crippen LogP contribution is -2.30. The molecule has 0 aromatic heterocycles. The van der Waals surface area contributed by atoms with Crippen molar-refractivity contribution in [2.24, 2.45) is 0 Å². The fourth-order valence-electron chi connectivity index (χ4n) is 4.24. The third kappa shape index (κ3) is 15.9. The van der Waals surface area contributed by atoms with Crippen LogP contribution in [-0.2, 0) is 0 Å². The van der Waals surface area contributed by atoms with Gasteiger partial charge in [0.15, 0.2) is 0 Å². The molecule has 1 aliphatic heterocycles. The molecule has 150 valence electrons. The molecule has 0 unspecified atom stereocenters. The Morgan fingerprint density at radius 2 is 0.800 bits per heavy atom. The molecule has 0 atom stereocenters. The summed E-state index contributed by atoms with van der Waals surface area (Å²) < 4.78 is 0. The van der Waals surface area contributed by atoms with Gasteiger partial charge in [0.2, 0.25) is 0 Å². The Balaban J connectivity index is 1.65. The van der Waals surface area contributed by atoms with Crippen LogP contribution in [0.15, 0.2) is 0 Å². The highest BCUT2D eigenvalue weighted by atomic mass is 15.1. The minimum atomic E-state index is 1.37. The van der Waals surface area contributed by atoms with Gasteiger partial charge >= 0.3 is 0 Å². The van der Waals surface area contributed by atoms with Crippen LogP contribution >= 0.6 is 0 Å². The van der Waals surface area contributed by atoms with E-state index in [0.717, 1.165) is 0 Å². The monoisotopic (exact) mass is 351 g/mol. The lowest BCUT2D eigenvalue weighted by molar-refractivity contribution is 0.224.